The van der Waals surface area contributed by atoms with Crippen LogP contribution >= 0.6 is 0 Å². The van der Waals surface area contributed by atoms with Gasteiger partial charge in [-0.2, -0.15) is 0 Å². The number of piperidine rings is 1. The predicted octanol–water partition coefficient (Wildman–Crippen LogP) is 2.06. The zero-order valence-corrected chi connectivity index (χ0v) is 13.2. The summed E-state index contributed by atoms with van der Waals surface area (Å²) in [6, 6.07) is 9.86. The first-order valence-corrected chi connectivity index (χ1v) is 8.29. The fourth-order valence-corrected chi connectivity index (χ4v) is 3.77. The summed E-state index contributed by atoms with van der Waals surface area (Å²) < 4.78 is 5.48. The molecule has 5 nitrogen and oxygen atoms in total. The second-order valence-electron chi connectivity index (χ2n) is 6.49. The lowest BCUT2D eigenvalue weighted by molar-refractivity contribution is -0.149. The standard InChI is InChI=1S/C18H23NO4/c20-16(21)14-5-4-10-19(13-14)17(22)18(8-11-23-12-9-18)15-6-2-1-3-7-15/h1-3,6-7,14H,4-5,8-13H2,(H,20,21). The lowest BCUT2D eigenvalue weighted by atomic mass is 9.72. The van der Waals surface area contributed by atoms with Crippen LogP contribution in [-0.2, 0) is 19.7 Å². The molecule has 124 valence electrons. The van der Waals surface area contributed by atoms with E-state index in [2.05, 4.69) is 0 Å². The summed E-state index contributed by atoms with van der Waals surface area (Å²) in [5.41, 5.74) is 0.450. The average molecular weight is 317 g/mol. The molecule has 23 heavy (non-hydrogen) atoms. The molecule has 2 aliphatic rings. The van der Waals surface area contributed by atoms with Crippen molar-refractivity contribution >= 4 is 11.9 Å². The Morgan fingerprint density at radius 2 is 1.87 bits per heavy atom. The van der Waals surface area contributed by atoms with Crippen molar-refractivity contribution < 1.29 is 19.4 Å². The molecule has 2 aliphatic heterocycles. The number of aliphatic carboxylic acids is 1. The van der Waals surface area contributed by atoms with Gasteiger partial charge in [0.05, 0.1) is 11.3 Å². The van der Waals surface area contributed by atoms with Crippen molar-refractivity contribution in [3.05, 3.63) is 35.9 Å². The third-order valence-electron chi connectivity index (χ3n) is 5.14. The Balaban J connectivity index is 1.88. The maximum atomic E-state index is 13.3. The van der Waals surface area contributed by atoms with Gasteiger partial charge in [0.25, 0.3) is 0 Å². The van der Waals surface area contributed by atoms with Gasteiger partial charge >= 0.3 is 5.97 Å². The Kier molecular flexibility index (Phi) is 4.66. The first-order chi connectivity index (χ1) is 11.1. The minimum absolute atomic E-state index is 0.0675. The van der Waals surface area contributed by atoms with E-state index in [0.29, 0.717) is 45.6 Å². The maximum Gasteiger partial charge on any atom is 0.308 e. The molecule has 2 saturated heterocycles. The third-order valence-corrected chi connectivity index (χ3v) is 5.14. The Labute approximate surface area is 136 Å². The Bertz CT molecular complexity index is 566. The molecule has 1 atom stereocenters. The van der Waals surface area contributed by atoms with Gasteiger partial charge in [-0.05, 0) is 31.2 Å². The van der Waals surface area contributed by atoms with Crippen LogP contribution in [0.25, 0.3) is 0 Å². The van der Waals surface area contributed by atoms with E-state index >= 15 is 0 Å². The summed E-state index contributed by atoms with van der Waals surface area (Å²) in [7, 11) is 0. The van der Waals surface area contributed by atoms with Gasteiger partial charge in [0.15, 0.2) is 0 Å². The number of carbonyl (C=O) groups is 2. The summed E-state index contributed by atoms with van der Waals surface area (Å²) in [6.45, 7) is 2.11. The number of hydrogen-bond donors (Lipinski definition) is 1. The molecule has 0 aromatic heterocycles. The van der Waals surface area contributed by atoms with Crippen molar-refractivity contribution in [2.75, 3.05) is 26.3 Å². The molecular weight excluding hydrogens is 294 g/mol. The smallest absolute Gasteiger partial charge is 0.308 e. The number of carboxylic acid groups (broad SMARTS) is 1. The Hall–Kier alpha value is -1.88. The van der Waals surface area contributed by atoms with E-state index in [4.69, 9.17) is 4.74 Å². The van der Waals surface area contributed by atoms with Crippen LogP contribution in [0.5, 0.6) is 0 Å². The van der Waals surface area contributed by atoms with Gasteiger partial charge < -0.3 is 14.7 Å². The van der Waals surface area contributed by atoms with Gasteiger partial charge in [-0.25, -0.2) is 0 Å². The van der Waals surface area contributed by atoms with E-state index in [1.165, 1.54) is 0 Å². The van der Waals surface area contributed by atoms with Crippen LogP contribution in [0.4, 0.5) is 0 Å². The number of nitrogens with zero attached hydrogens (tertiary/aromatic N) is 1. The molecule has 1 amide bonds. The largest absolute Gasteiger partial charge is 0.481 e. The number of benzene rings is 1. The summed E-state index contributed by atoms with van der Waals surface area (Å²) in [4.78, 5) is 26.4. The fourth-order valence-electron chi connectivity index (χ4n) is 3.77. The van der Waals surface area contributed by atoms with Crippen molar-refractivity contribution in [3.8, 4) is 0 Å². The van der Waals surface area contributed by atoms with E-state index in [9.17, 15) is 14.7 Å². The predicted molar refractivity (Wildman–Crippen MR) is 85.1 cm³/mol. The highest BCUT2D eigenvalue weighted by atomic mass is 16.5. The Morgan fingerprint density at radius 3 is 2.52 bits per heavy atom. The lowest BCUT2D eigenvalue weighted by Crippen LogP contribution is -2.53. The maximum absolute atomic E-state index is 13.3. The third kappa shape index (κ3) is 3.11. The molecule has 1 aromatic rings. The van der Waals surface area contributed by atoms with Gasteiger partial charge in [-0.1, -0.05) is 30.3 Å². The van der Waals surface area contributed by atoms with Crippen LogP contribution < -0.4 is 0 Å². The highest BCUT2D eigenvalue weighted by molar-refractivity contribution is 5.89. The van der Waals surface area contributed by atoms with Crippen LogP contribution in [-0.4, -0.2) is 48.2 Å². The molecule has 1 unspecified atom stereocenters. The molecule has 1 N–H and O–H groups in total. The molecule has 2 heterocycles. The van der Waals surface area contributed by atoms with Crippen LogP contribution in [0.15, 0.2) is 30.3 Å². The monoisotopic (exact) mass is 317 g/mol. The topological polar surface area (TPSA) is 66.8 Å². The molecule has 0 bridgehead atoms. The van der Waals surface area contributed by atoms with Crippen molar-refractivity contribution in [1.82, 2.24) is 4.90 Å². The normalized spacial score (nSPS) is 24.2. The molecule has 0 spiro atoms. The summed E-state index contributed by atoms with van der Waals surface area (Å²) in [5, 5.41) is 9.27. The highest BCUT2D eigenvalue weighted by Crippen LogP contribution is 2.37. The van der Waals surface area contributed by atoms with Crippen molar-refractivity contribution in [2.45, 2.75) is 31.1 Å². The van der Waals surface area contributed by atoms with Gasteiger partial charge in [-0.15, -0.1) is 0 Å². The minimum Gasteiger partial charge on any atom is -0.481 e. The first-order valence-electron chi connectivity index (χ1n) is 8.29. The van der Waals surface area contributed by atoms with E-state index < -0.39 is 17.3 Å². The van der Waals surface area contributed by atoms with Gasteiger partial charge in [0, 0.05) is 26.3 Å². The summed E-state index contributed by atoms with van der Waals surface area (Å²) in [5.74, 6) is -1.18. The van der Waals surface area contributed by atoms with Gasteiger partial charge in [0.2, 0.25) is 5.91 Å². The number of amides is 1. The summed E-state index contributed by atoms with van der Waals surface area (Å²) >= 11 is 0. The number of likely N-dealkylation sites (tertiary alicyclic amines) is 1. The number of carbonyl (C=O) groups excluding carboxylic acids is 1. The van der Waals surface area contributed by atoms with E-state index in [0.717, 1.165) is 12.0 Å². The average Bonchev–Trinajstić information content (AvgIpc) is 2.62. The highest BCUT2D eigenvalue weighted by Gasteiger charge is 2.45. The molecular formula is C18H23NO4. The van der Waals surface area contributed by atoms with Crippen LogP contribution in [0.2, 0.25) is 0 Å². The number of ether oxygens (including phenoxy) is 1. The first kappa shape index (κ1) is 16.0. The zero-order chi connectivity index (χ0) is 16.3. The van der Waals surface area contributed by atoms with Crippen LogP contribution in [0.3, 0.4) is 0 Å². The molecule has 0 aliphatic carbocycles. The molecule has 3 rings (SSSR count). The number of carboxylic acids is 1. The van der Waals surface area contributed by atoms with E-state index in [-0.39, 0.29) is 5.91 Å². The zero-order valence-electron chi connectivity index (χ0n) is 13.2. The Morgan fingerprint density at radius 1 is 1.17 bits per heavy atom. The van der Waals surface area contributed by atoms with Crippen LogP contribution in [0, 0.1) is 5.92 Å². The molecule has 1 aromatic carbocycles. The molecule has 2 fully saturated rings. The van der Waals surface area contributed by atoms with Gasteiger partial charge in [-0.3, -0.25) is 9.59 Å². The second kappa shape index (κ2) is 6.71. The van der Waals surface area contributed by atoms with Crippen molar-refractivity contribution in [1.29, 1.82) is 0 Å². The summed E-state index contributed by atoms with van der Waals surface area (Å²) in [6.07, 6.45) is 2.72. The fraction of sp³-hybridized carbons (Fsp3) is 0.556. The van der Waals surface area contributed by atoms with E-state index in [1.807, 2.05) is 30.3 Å². The number of hydrogen-bond acceptors (Lipinski definition) is 3. The van der Waals surface area contributed by atoms with E-state index in [1.54, 1.807) is 4.90 Å². The quantitative estimate of drug-likeness (QED) is 0.926. The number of rotatable bonds is 3. The van der Waals surface area contributed by atoms with Crippen molar-refractivity contribution in [3.63, 3.8) is 0 Å². The molecule has 5 heteroatoms. The minimum atomic E-state index is -0.803. The lowest BCUT2D eigenvalue weighted by Gasteiger charge is -2.42. The van der Waals surface area contributed by atoms with Crippen LogP contribution in [0.1, 0.15) is 31.2 Å². The molecule has 0 saturated carbocycles. The molecule has 0 radical (unpaired) electrons. The second-order valence-corrected chi connectivity index (χ2v) is 6.49. The SMILES string of the molecule is O=C(O)C1CCCN(C(=O)C2(c3ccccc3)CCOCC2)C1. The van der Waals surface area contributed by atoms with Crippen molar-refractivity contribution in [2.24, 2.45) is 5.92 Å². The van der Waals surface area contributed by atoms with Gasteiger partial charge in [0.1, 0.15) is 0 Å².